The molecule has 1 saturated carbocycles. The lowest BCUT2D eigenvalue weighted by Crippen LogP contribution is -2.19. The predicted octanol–water partition coefficient (Wildman–Crippen LogP) is 2.94. The van der Waals surface area contributed by atoms with Gasteiger partial charge in [-0.3, -0.25) is 4.79 Å². The molecule has 0 spiro atoms. The number of hydrogen-bond donors (Lipinski definition) is 3. The van der Waals surface area contributed by atoms with E-state index in [1.54, 1.807) is 0 Å². The van der Waals surface area contributed by atoms with Crippen LogP contribution in [0.2, 0.25) is 0 Å². The number of fused-ring (bicyclic) bond motifs is 1. The van der Waals surface area contributed by atoms with Crippen molar-refractivity contribution in [2.75, 3.05) is 0 Å². The van der Waals surface area contributed by atoms with Gasteiger partial charge in [0, 0.05) is 18.8 Å². The SMILES string of the molecule is CC#CC[C@@H](C)[C@H](O)C=C[C@@H]1[C@H]2CC(CCCCC(N)=O)=C[C@H]2C[C@H]1O. The van der Waals surface area contributed by atoms with E-state index in [0.29, 0.717) is 24.7 Å². The molecule has 2 aliphatic carbocycles. The van der Waals surface area contributed by atoms with E-state index >= 15 is 0 Å². The highest BCUT2D eigenvalue weighted by molar-refractivity contribution is 5.73. The van der Waals surface area contributed by atoms with Gasteiger partial charge < -0.3 is 15.9 Å². The number of unbranched alkanes of at least 4 members (excludes halogenated alkanes) is 1. The zero-order valence-corrected chi connectivity index (χ0v) is 16.0. The van der Waals surface area contributed by atoms with Crippen LogP contribution in [0.25, 0.3) is 0 Å². The first kappa shape index (κ1) is 20.7. The molecule has 144 valence electrons. The van der Waals surface area contributed by atoms with Gasteiger partial charge in [0.15, 0.2) is 0 Å². The zero-order chi connectivity index (χ0) is 19.1. The van der Waals surface area contributed by atoms with Gasteiger partial charge in [-0.15, -0.1) is 11.8 Å². The molecule has 0 heterocycles. The lowest BCUT2D eigenvalue weighted by atomic mass is 9.88. The van der Waals surface area contributed by atoms with Crippen molar-refractivity contribution in [1.82, 2.24) is 0 Å². The van der Waals surface area contributed by atoms with E-state index in [0.717, 1.165) is 32.1 Å². The molecule has 4 N–H and O–H groups in total. The summed E-state index contributed by atoms with van der Waals surface area (Å²) >= 11 is 0. The molecule has 0 aromatic rings. The molecular formula is C22H33NO3. The lowest BCUT2D eigenvalue weighted by Gasteiger charge is -2.20. The molecule has 0 bridgehead atoms. The Morgan fingerprint density at radius 2 is 2.23 bits per heavy atom. The number of aliphatic hydroxyl groups excluding tert-OH is 2. The van der Waals surface area contributed by atoms with E-state index in [1.165, 1.54) is 5.57 Å². The average Bonchev–Trinajstić information content (AvgIpc) is 3.10. The topological polar surface area (TPSA) is 83.5 Å². The number of carbonyl (C=O) groups excluding carboxylic acids is 1. The Balaban J connectivity index is 1.85. The van der Waals surface area contributed by atoms with E-state index in [2.05, 4.69) is 17.9 Å². The van der Waals surface area contributed by atoms with Crippen LogP contribution in [0.5, 0.6) is 0 Å². The highest BCUT2D eigenvalue weighted by atomic mass is 16.3. The van der Waals surface area contributed by atoms with Gasteiger partial charge in [0.2, 0.25) is 5.91 Å². The Labute approximate surface area is 157 Å². The Bertz CT molecular complexity index is 598. The first-order valence-corrected chi connectivity index (χ1v) is 9.84. The molecule has 0 saturated heterocycles. The van der Waals surface area contributed by atoms with Crippen LogP contribution in [-0.2, 0) is 4.79 Å². The number of primary amides is 1. The normalized spacial score (nSPS) is 29.8. The minimum Gasteiger partial charge on any atom is -0.392 e. The van der Waals surface area contributed by atoms with Gasteiger partial charge in [-0.25, -0.2) is 0 Å². The van der Waals surface area contributed by atoms with Crippen molar-refractivity contribution in [3.8, 4) is 11.8 Å². The predicted molar refractivity (Wildman–Crippen MR) is 104 cm³/mol. The first-order valence-electron chi connectivity index (χ1n) is 9.84. The van der Waals surface area contributed by atoms with Crippen LogP contribution in [0.3, 0.4) is 0 Å². The molecular weight excluding hydrogens is 326 g/mol. The van der Waals surface area contributed by atoms with Gasteiger partial charge in [0.05, 0.1) is 12.2 Å². The van der Waals surface area contributed by atoms with Crippen molar-refractivity contribution in [3.05, 3.63) is 23.8 Å². The van der Waals surface area contributed by atoms with Crippen LogP contribution in [0, 0.1) is 35.5 Å². The summed E-state index contributed by atoms with van der Waals surface area (Å²) in [6.07, 6.45) is 11.2. The number of aliphatic hydroxyl groups is 2. The summed E-state index contributed by atoms with van der Waals surface area (Å²) in [5.74, 6) is 6.72. The van der Waals surface area contributed by atoms with Crippen molar-refractivity contribution >= 4 is 5.91 Å². The molecule has 4 nitrogen and oxygen atoms in total. The third-order valence-electron chi connectivity index (χ3n) is 5.84. The highest BCUT2D eigenvalue weighted by Crippen LogP contribution is 2.48. The number of rotatable bonds is 9. The third kappa shape index (κ3) is 5.72. The summed E-state index contributed by atoms with van der Waals surface area (Å²) in [5, 5.41) is 20.7. The molecule has 4 heteroatoms. The maximum Gasteiger partial charge on any atom is 0.217 e. The second kappa shape index (κ2) is 9.94. The molecule has 0 aromatic carbocycles. The number of hydrogen-bond acceptors (Lipinski definition) is 3. The highest BCUT2D eigenvalue weighted by Gasteiger charge is 2.43. The molecule has 0 radical (unpaired) electrons. The van der Waals surface area contributed by atoms with Gasteiger partial charge in [-0.05, 0) is 56.8 Å². The standard InChI is InChI=1S/C22H33NO3/c1-3-4-7-15(2)20(24)11-10-18-19-13-16(8-5-6-9-22(23)26)12-17(19)14-21(18)25/h10-12,15,17-21,24-25H,5-9,13-14H2,1-2H3,(H2,23,26)/t15-,17+,18-,19+,20-,21-/m1/s1. The van der Waals surface area contributed by atoms with E-state index in [1.807, 2.05) is 26.0 Å². The van der Waals surface area contributed by atoms with Crippen molar-refractivity contribution in [2.45, 2.75) is 71.0 Å². The quantitative estimate of drug-likeness (QED) is 0.336. The first-order chi connectivity index (χ1) is 12.4. The minimum atomic E-state index is -0.523. The maximum atomic E-state index is 10.8. The fourth-order valence-corrected chi connectivity index (χ4v) is 4.26. The largest absolute Gasteiger partial charge is 0.392 e. The second-order valence-electron chi connectivity index (χ2n) is 7.89. The number of carbonyl (C=O) groups is 1. The van der Waals surface area contributed by atoms with Crippen molar-refractivity contribution in [2.24, 2.45) is 29.4 Å². The van der Waals surface area contributed by atoms with E-state index < -0.39 is 6.10 Å². The summed E-state index contributed by atoms with van der Waals surface area (Å²) in [5.41, 5.74) is 6.63. The molecule has 6 atom stereocenters. The maximum absolute atomic E-state index is 10.8. The van der Waals surface area contributed by atoms with Gasteiger partial charge in [0.1, 0.15) is 0 Å². The lowest BCUT2D eigenvalue weighted by molar-refractivity contribution is -0.118. The molecule has 2 aliphatic rings. The van der Waals surface area contributed by atoms with Crippen LogP contribution < -0.4 is 5.73 Å². The van der Waals surface area contributed by atoms with Gasteiger partial charge in [-0.2, -0.15) is 0 Å². The summed E-state index contributed by atoms with van der Waals surface area (Å²) in [6.45, 7) is 3.80. The summed E-state index contributed by atoms with van der Waals surface area (Å²) in [4.78, 5) is 10.8. The van der Waals surface area contributed by atoms with E-state index in [-0.39, 0.29) is 23.8 Å². The Morgan fingerprint density at radius 1 is 1.46 bits per heavy atom. The smallest absolute Gasteiger partial charge is 0.217 e. The van der Waals surface area contributed by atoms with E-state index in [4.69, 9.17) is 5.73 Å². The number of allylic oxidation sites excluding steroid dienone is 2. The van der Waals surface area contributed by atoms with Gasteiger partial charge >= 0.3 is 0 Å². The van der Waals surface area contributed by atoms with Gasteiger partial charge in [-0.1, -0.05) is 30.7 Å². The number of amides is 1. The fourth-order valence-electron chi connectivity index (χ4n) is 4.26. The van der Waals surface area contributed by atoms with Crippen molar-refractivity contribution in [3.63, 3.8) is 0 Å². The summed E-state index contributed by atoms with van der Waals surface area (Å²) in [6, 6.07) is 0. The molecule has 0 aliphatic heterocycles. The van der Waals surface area contributed by atoms with Crippen LogP contribution in [0.1, 0.15) is 58.8 Å². The van der Waals surface area contributed by atoms with Crippen LogP contribution in [0.4, 0.5) is 0 Å². The van der Waals surface area contributed by atoms with Crippen LogP contribution in [-0.4, -0.2) is 28.3 Å². The molecule has 0 unspecified atom stereocenters. The average molecular weight is 360 g/mol. The third-order valence-corrected chi connectivity index (χ3v) is 5.84. The molecule has 1 fully saturated rings. The fraction of sp³-hybridized carbons (Fsp3) is 0.682. The Hall–Kier alpha value is -1.57. The Kier molecular flexibility index (Phi) is 7.93. The van der Waals surface area contributed by atoms with Crippen LogP contribution in [0.15, 0.2) is 23.8 Å². The minimum absolute atomic E-state index is 0.0931. The molecule has 1 amide bonds. The van der Waals surface area contributed by atoms with Crippen molar-refractivity contribution < 1.29 is 15.0 Å². The van der Waals surface area contributed by atoms with Crippen molar-refractivity contribution in [1.29, 1.82) is 0 Å². The van der Waals surface area contributed by atoms with Gasteiger partial charge in [0.25, 0.3) is 0 Å². The monoisotopic (exact) mass is 359 g/mol. The number of nitrogens with two attached hydrogens (primary N) is 1. The molecule has 2 rings (SSSR count). The molecule has 0 aromatic heterocycles. The van der Waals surface area contributed by atoms with E-state index in [9.17, 15) is 15.0 Å². The molecule has 26 heavy (non-hydrogen) atoms. The Morgan fingerprint density at radius 3 is 2.92 bits per heavy atom. The second-order valence-corrected chi connectivity index (χ2v) is 7.89. The summed E-state index contributed by atoms with van der Waals surface area (Å²) < 4.78 is 0. The zero-order valence-electron chi connectivity index (χ0n) is 16.0. The van der Waals surface area contributed by atoms with Crippen LogP contribution >= 0.6 is 0 Å². The summed E-state index contributed by atoms with van der Waals surface area (Å²) in [7, 11) is 0.